The van der Waals surface area contributed by atoms with Crippen molar-refractivity contribution in [1.82, 2.24) is 5.32 Å². The van der Waals surface area contributed by atoms with E-state index in [1.54, 1.807) is 63.2 Å². The van der Waals surface area contributed by atoms with Gasteiger partial charge in [0, 0.05) is 5.69 Å². The minimum atomic E-state index is -0.859. The molecule has 0 radical (unpaired) electrons. The van der Waals surface area contributed by atoms with E-state index in [9.17, 15) is 19.2 Å². The van der Waals surface area contributed by atoms with Crippen LogP contribution in [0, 0.1) is 0 Å². The molecular weight excluding hydrogens is 386 g/mol. The predicted octanol–water partition coefficient (Wildman–Crippen LogP) is 3.34. The van der Waals surface area contributed by atoms with Gasteiger partial charge in [0.1, 0.15) is 11.6 Å². The largest absolute Gasteiger partial charge is 0.444 e. The van der Waals surface area contributed by atoms with Crippen molar-refractivity contribution in [2.45, 2.75) is 39.3 Å². The smallest absolute Gasteiger partial charge is 0.408 e. The fourth-order valence-corrected chi connectivity index (χ4v) is 2.95. The normalized spacial score (nSPS) is 14.2. The molecule has 2 aromatic rings. The van der Waals surface area contributed by atoms with Crippen molar-refractivity contribution in [3.63, 3.8) is 0 Å². The summed E-state index contributed by atoms with van der Waals surface area (Å²) < 4.78 is 5.14. The third-order valence-corrected chi connectivity index (χ3v) is 4.29. The van der Waals surface area contributed by atoms with E-state index in [1.807, 2.05) is 0 Å². The first-order valence-corrected chi connectivity index (χ1v) is 9.45. The molecule has 1 atom stereocenters. The summed E-state index contributed by atoms with van der Waals surface area (Å²) >= 11 is 0. The minimum Gasteiger partial charge on any atom is -0.444 e. The number of benzene rings is 2. The summed E-state index contributed by atoms with van der Waals surface area (Å²) in [5, 5.41) is 5.13. The fraction of sp³-hybridized carbons (Fsp3) is 0.273. The first-order chi connectivity index (χ1) is 14.1. The summed E-state index contributed by atoms with van der Waals surface area (Å²) in [6, 6.07) is 12.1. The second kappa shape index (κ2) is 7.98. The highest BCUT2D eigenvalue weighted by molar-refractivity contribution is 6.34. The van der Waals surface area contributed by atoms with Crippen molar-refractivity contribution in [1.29, 1.82) is 0 Å². The number of hydrogen-bond acceptors (Lipinski definition) is 5. The van der Waals surface area contributed by atoms with Gasteiger partial charge >= 0.3 is 6.09 Å². The Balaban J connectivity index is 1.71. The number of fused-ring (bicyclic) bond motifs is 1. The van der Waals surface area contributed by atoms with E-state index in [4.69, 9.17) is 4.74 Å². The Bertz CT molecular complexity index is 990. The molecule has 0 saturated carbocycles. The van der Waals surface area contributed by atoms with Gasteiger partial charge in [-0.2, -0.15) is 0 Å². The van der Waals surface area contributed by atoms with Crippen LogP contribution >= 0.6 is 0 Å². The monoisotopic (exact) mass is 409 g/mol. The Morgan fingerprint density at radius 2 is 1.57 bits per heavy atom. The minimum absolute atomic E-state index is 0.340. The van der Waals surface area contributed by atoms with Gasteiger partial charge in [-0.25, -0.2) is 9.69 Å². The molecule has 156 valence electrons. The Morgan fingerprint density at radius 3 is 2.13 bits per heavy atom. The zero-order chi connectivity index (χ0) is 22.1. The van der Waals surface area contributed by atoms with E-state index in [0.29, 0.717) is 22.5 Å². The zero-order valence-electron chi connectivity index (χ0n) is 17.2. The maximum Gasteiger partial charge on any atom is 0.408 e. The first-order valence-electron chi connectivity index (χ1n) is 9.45. The molecule has 1 aliphatic rings. The maximum atomic E-state index is 12.6. The molecule has 1 heterocycles. The van der Waals surface area contributed by atoms with Crippen LogP contribution in [0.15, 0.2) is 48.5 Å². The van der Waals surface area contributed by atoms with Crippen molar-refractivity contribution in [3.05, 3.63) is 59.7 Å². The lowest BCUT2D eigenvalue weighted by atomic mass is 10.1. The van der Waals surface area contributed by atoms with Crippen LogP contribution in [0.4, 0.5) is 16.2 Å². The van der Waals surface area contributed by atoms with Gasteiger partial charge < -0.3 is 15.4 Å². The molecule has 0 aliphatic carbocycles. The van der Waals surface area contributed by atoms with E-state index < -0.39 is 35.5 Å². The second-order valence-electron chi connectivity index (χ2n) is 7.90. The van der Waals surface area contributed by atoms with E-state index in [1.165, 1.54) is 13.0 Å². The Labute approximate surface area is 174 Å². The number of imide groups is 1. The average molecular weight is 409 g/mol. The molecule has 8 nitrogen and oxygen atoms in total. The van der Waals surface area contributed by atoms with Crippen molar-refractivity contribution in [3.8, 4) is 0 Å². The molecule has 8 heteroatoms. The Morgan fingerprint density at radius 1 is 0.967 bits per heavy atom. The lowest BCUT2D eigenvalue weighted by Crippen LogP contribution is -2.44. The van der Waals surface area contributed by atoms with Crippen LogP contribution in [0.1, 0.15) is 48.4 Å². The van der Waals surface area contributed by atoms with Gasteiger partial charge in [0.05, 0.1) is 16.8 Å². The van der Waals surface area contributed by atoms with Gasteiger partial charge in [-0.05, 0) is 58.0 Å². The second-order valence-corrected chi connectivity index (χ2v) is 7.90. The zero-order valence-corrected chi connectivity index (χ0v) is 17.2. The Kier molecular flexibility index (Phi) is 5.60. The van der Waals surface area contributed by atoms with Crippen molar-refractivity contribution in [2.75, 3.05) is 10.2 Å². The average Bonchev–Trinajstić information content (AvgIpc) is 2.91. The van der Waals surface area contributed by atoms with E-state index in [2.05, 4.69) is 10.6 Å². The SMILES string of the molecule is C[C@@H](NC(=O)OC(C)(C)C)C(=O)Nc1cccc(N2C(=O)c3ccccc3C2=O)c1. The maximum absolute atomic E-state index is 12.6. The standard InChI is InChI=1S/C22H23N3O5/c1-13(23-21(29)30-22(2,3)4)18(26)24-14-8-7-9-15(12-14)25-19(27)16-10-5-6-11-17(16)20(25)28/h5-13H,1-4H3,(H,23,29)(H,24,26)/t13-/m1/s1. The number of ether oxygens (including phenoxy) is 1. The van der Waals surface area contributed by atoms with Crippen molar-refractivity contribution in [2.24, 2.45) is 0 Å². The lowest BCUT2D eigenvalue weighted by molar-refractivity contribution is -0.117. The number of nitrogens with one attached hydrogen (secondary N) is 2. The molecule has 3 rings (SSSR count). The van der Waals surface area contributed by atoms with Crippen LogP contribution in [-0.2, 0) is 9.53 Å². The number of carbonyl (C=O) groups excluding carboxylic acids is 4. The number of hydrogen-bond donors (Lipinski definition) is 2. The summed E-state index contributed by atoms with van der Waals surface area (Å²) in [5.74, 6) is -1.31. The van der Waals surface area contributed by atoms with Crippen LogP contribution in [0.5, 0.6) is 0 Å². The highest BCUT2D eigenvalue weighted by atomic mass is 16.6. The molecule has 0 aromatic heterocycles. The van der Waals surface area contributed by atoms with Crippen LogP contribution in [-0.4, -0.2) is 35.5 Å². The van der Waals surface area contributed by atoms with Crippen LogP contribution < -0.4 is 15.5 Å². The summed E-state index contributed by atoms with van der Waals surface area (Å²) in [6.45, 7) is 6.69. The van der Waals surface area contributed by atoms with Gasteiger partial charge in [-0.1, -0.05) is 18.2 Å². The number of carbonyl (C=O) groups is 4. The van der Waals surface area contributed by atoms with E-state index in [0.717, 1.165) is 4.90 Å². The number of alkyl carbamates (subject to hydrolysis) is 1. The van der Waals surface area contributed by atoms with Gasteiger partial charge in [0.25, 0.3) is 11.8 Å². The molecule has 0 bridgehead atoms. The van der Waals surface area contributed by atoms with Crippen LogP contribution in [0.25, 0.3) is 0 Å². The number of rotatable bonds is 4. The summed E-state index contributed by atoms with van der Waals surface area (Å²) in [7, 11) is 0. The summed E-state index contributed by atoms with van der Waals surface area (Å²) in [4.78, 5) is 50.6. The van der Waals surface area contributed by atoms with E-state index in [-0.39, 0.29) is 0 Å². The molecule has 1 aliphatic heterocycles. The summed E-state index contributed by atoms with van der Waals surface area (Å²) in [6.07, 6.45) is -0.704. The molecule has 0 fully saturated rings. The highest BCUT2D eigenvalue weighted by Gasteiger charge is 2.36. The quantitative estimate of drug-likeness (QED) is 0.754. The molecule has 0 spiro atoms. The fourth-order valence-electron chi connectivity index (χ4n) is 2.95. The lowest BCUT2D eigenvalue weighted by Gasteiger charge is -2.22. The molecule has 0 unspecified atom stereocenters. The van der Waals surface area contributed by atoms with Crippen molar-refractivity contribution >= 4 is 35.2 Å². The number of amides is 4. The number of nitrogens with zero attached hydrogens (tertiary/aromatic N) is 1. The van der Waals surface area contributed by atoms with Gasteiger partial charge in [-0.3, -0.25) is 14.4 Å². The predicted molar refractivity (Wildman–Crippen MR) is 111 cm³/mol. The third kappa shape index (κ3) is 4.48. The first kappa shape index (κ1) is 21.0. The van der Waals surface area contributed by atoms with Gasteiger partial charge in [-0.15, -0.1) is 0 Å². The van der Waals surface area contributed by atoms with Crippen LogP contribution in [0.3, 0.4) is 0 Å². The van der Waals surface area contributed by atoms with Crippen LogP contribution in [0.2, 0.25) is 0 Å². The number of anilines is 2. The molecule has 2 aromatic carbocycles. The topological polar surface area (TPSA) is 105 Å². The molecule has 30 heavy (non-hydrogen) atoms. The van der Waals surface area contributed by atoms with Gasteiger partial charge in [0.2, 0.25) is 5.91 Å². The van der Waals surface area contributed by atoms with E-state index >= 15 is 0 Å². The molecule has 0 saturated heterocycles. The van der Waals surface area contributed by atoms with Crippen molar-refractivity contribution < 1.29 is 23.9 Å². The molecular formula is C22H23N3O5. The summed E-state index contributed by atoms with van der Waals surface area (Å²) in [5.41, 5.74) is 0.721. The molecule has 2 N–H and O–H groups in total. The molecule has 4 amide bonds. The van der Waals surface area contributed by atoms with Gasteiger partial charge in [0.15, 0.2) is 0 Å². The Hall–Kier alpha value is -3.68. The third-order valence-electron chi connectivity index (χ3n) is 4.29. The highest BCUT2D eigenvalue weighted by Crippen LogP contribution is 2.29.